The van der Waals surface area contributed by atoms with Crippen molar-refractivity contribution >= 4 is 29.3 Å². The number of hydrogen-bond donors (Lipinski definition) is 3. The third-order valence-corrected chi connectivity index (χ3v) is 7.03. The van der Waals surface area contributed by atoms with Crippen LogP contribution in [-0.4, -0.2) is 35.7 Å². The number of carboxylic acids is 1. The van der Waals surface area contributed by atoms with Gasteiger partial charge in [0, 0.05) is 10.8 Å². The van der Waals surface area contributed by atoms with E-state index in [4.69, 9.17) is 4.74 Å². The van der Waals surface area contributed by atoms with Gasteiger partial charge >= 0.3 is 12.1 Å². The highest BCUT2D eigenvalue weighted by Crippen LogP contribution is 2.44. The van der Waals surface area contributed by atoms with Crippen LogP contribution in [0.1, 0.15) is 48.7 Å². The standard InChI is InChI=1S/C27H28N2O5S/c1-27(2,3)23(25(31)32)29-24(30)22(21-13-8-14-35-21)28-26(33)34-15-20-18-11-6-4-9-16(18)17-10-5-7-12-19(17)20/h4-14,20,22-23H,15H2,1-3H3,(H,28,33)(H,29,30)(H,31,32)/t22?,23-/m0/s1. The van der Waals surface area contributed by atoms with Gasteiger partial charge in [0.25, 0.3) is 0 Å². The lowest BCUT2D eigenvalue weighted by atomic mass is 9.86. The minimum Gasteiger partial charge on any atom is -0.480 e. The largest absolute Gasteiger partial charge is 0.480 e. The van der Waals surface area contributed by atoms with Crippen molar-refractivity contribution < 1.29 is 24.2 Å². The molecule has 3 aromatic rings. The van der Waals surface area contributed by atoms with Crippen LogP contribution in [0.4, 0.5) is 4.79 Å². The smallest absolute Gasteiger partial charge is 0.408 e. The molecule has 3 N–H and O–H groups in total. The number of benzene rings is 2. The van der Waals surface area contributed by atoms with Crippen LogP contribution >= 0.6 is 11.3 Å². The first-order valence-corrected chi connectivity index (χ1v) is 12.2. The van der Waals surface area contributed by atoms with Crippen LogP contribution in [0.25, 0.3) is 11.1 Å². The van der Waals surface area contributed by atoms with Crippen LogP contribution < -0.4 is 10.6 Å². The van der Waals surface area contributed by atoms with E-state index in [0.717, 1.165) is 22.3 Å². The van der Waals surface area contributed by atoms with Gasteiger partial charge in [0.05, 0.1) is 0 Å². The summed E-state index contributed by atoms with van der Waals surface area (Å²) in [7, 11) is 0. The summed E-state index contributed by atoms with van der Waals surface area (Å²) < 4.78 is 5.60. The van der Waals surface area contributed by atoms with Crippen LogP contribution in [0.2, 0.25) is 0 Å². The van der Waals surface area contributed by atoms with Crippen LogP contribution in [-0.2, 0) is 14.3 Å². The normalized spacial score (nSPS) is 14.4. The molecule has 1 aliphatic carbocycles. The highest BCUT2D eigenvalue weighted by atomic mass is 32.1. The molecule has 0 fully saturated rings. The summed E-state index contributed by atoms with van der Waals surface area (Å²) in [4.78, 5) is 38.2. The Balaban J connectivity index is 1.48. The molecular formula is C27H28N2O5S. The van der Waals surface area contributed by atoms with E-state index in [1.807, 2.05) is 36.4 Å². The zero-order valence-electron chi connectivity index (χ0n) is 19.8. The van der Waals surface area contributed by atoms with Gasteiger partial charge in [-0.15, -0.1) is 11.3 Å². The van der Waals surface area contributed by atoms with Crippen molar-refractivity contribution in [1.82, 2.24) is 10.6 Å². The number of fused-ring (bicyclic) bond motifs is 3. The molecule has 2 amide bonds. The molecule has 0 radical (unpaired) electrons. The van der Waals surface area contributed by atoms with Gasteiger partial charge in [-0.3, -0.25) is 4.79 Å². The second kappa shape index (κ2) is 9.92. The van der Waals surface area contributed by atoms with E-state index >= 15 is 0 Å². The molecule has 1 unspecified atom stereocenters. The highest BCUT2D eigenvalue weighted by Gasteiger charge is 2.36. The fourth-order valence-electron chi connectivity index (χ4n) is 4.35. The van der Waals surface area contributed by atoms with E-state index in [-0.39, 0.29) is 12.5 Å². The Kier molecular flexibility index (Phi) is 6.93. The number of hydrogen-bond acceptors (Lipinski definition) is 5. The fraction of sp³-hybridized carbons (Fsp3) is 0.296. The fourth-order valence-corrected chi connectivity index (χ4v) is 5.13. The average molecular weight is 493 g/mol. The molecule has 2 aromatic carbocycles. The maximum atomic E-state index is 13.1. The van der Waals surface area contributed by atoms with Crippen LogP contribution in [0.3, 0.4) is 0 Å². The predicted octanol–water partition coefficient (Wildman–Crippen LogP) is 4.94. The summed E-state index contributed by atoms with van der Waals surface area (Å²) in [6, 6.07) is 17.3. The first kappa shape index (κ1) is 24.5. The number of carbonyl (C=O) groups is 3. The van der Waals surface area contributed by atoms with E-state index in [1.54, 1.807) is 38.3 Å². The summed E-state index contributed by atoms with van der Waals surface area (Å²) >= 11 is 1.29. The lowest BCUT2D eigenvalue weighted by Gasteiger charge is -2.29. The summed E-state index contributed by atoms with van der Waals surface area (Å²) in [5.74, 6) is -1.86. The van der Waals surface area contributed by atoms with Crippen molar-refractivity contribution in [2.45, 2.75) is 38.8 Å². The van der Waals surface area contributed by atoms with Crippen LogP contribution in [0, 0.1) is 5.41 Å². The molecule has 1 heterocycles. The zero-order chi connectivity index (χ0) is 25.2. The molecule has 0 saturated carbocycles. The van der Waals surface area contributed by atoms with E-state index in [9.17, 15) is 19.5 Å². The molecular weight excluding hydrogens is 464 g/mol. The summed E-state index contributed by atoms with van der Waals surface area (Å²) in [6.07, 6.45) is -0.747. The van der Waals surface area contributed by atoms with E-state index in [1.165, 1.54) is 11.3 Å². The van der Waals surface area contributed by atoms with E-state index < -0.39 is 35.5 Å². The van der Waals surface area contributed by atoms with Crippen LogP contribution in [0.15, 0.2) is 66.0 Å². The summed E-state index contributed by atoms with van der Waals surface area (Å²) in [6.45, 7) is 5.29. The van der Waals surface area contributed by atoms with Gasteiger partial charge in [-0.2, -0.15) is 0 Å². The second-order valence-electron chi connectivity index (χ2n) is 9.56. The maximum Gasteiger partial charge on any atom is 0.408 e. The molecule has 182 valence electrons. The van der Waals surface area contributed by atoms with Gasteiger partial charge in [-0.1, -0.05) is 75.4 Å². The molecule has 0 saturated heterocycles. The highest BCUT2D eigenvalue weighted by molar-refractivity contribution is 7.10. The van der Waals surface area contributed by atoms with Gasteiger partial charge in [0.1, 0.15) is 18.7 Å². The molecule has 2 atom stereocenters. The molecule has 8 heteroatoms. The van der Waals surface area contributed by atoms with Crippen molar-refractivity contribution in [2.75, 3.05) is 6.61 Å². The zero-order valence-corrected chi connectivity index (χ0v) is 20.6. The topological polar surface area (TPSA) is 105 Å². The van der Waals surface area contributed by atoms with Gasteiger partial charge in [0.15, 0.2) is 0 Å². The first-order chi connectivity index (χ1) is 16.7. The number of rotatable bonds is 7. The number of ether oxygens (including phenoxy) is 1. The molecule has 0 aliphatic heterocycles. The molecule has 7 nitrogen and oxygen atoms in total. The Labute approximate surface area is 208 Å². The number of nitrogens with one attached hydrogen (secondary N) is 2. The average Bonchev–Trinajstić information content (AvgIpc) is 3.45. The van der Waals surface area contributed by atoms with Crippen molar-refractivity contribution in [3.63, 3.8) is 0 Å². The molecule has 1 aliphatic rings. The minimum atomic E-state index is -1.14. The predicted molar refractivity (Wildman–Crippen MR) is 134 cm³/mol. The van der Waals surface area contributed by atoms with Crippen molar-refractivity contribution in [3.8, 4) is 11.1 Å². The quantitative estimate of drug-likeness (QED) is 0.433. The van der Waals surface area contributed by atoms with Crippen molar-refractivity contribution in [2.24, 2.45) is 5.41 Å². The summed E-state index contributed by atoms with van der Waals surface area (Å²) in [5, 5.41) is 16.6. The van der Waals surface area contributed by atoms with E-state index in [2.05, 4.69) is 22.8 Å². The molecule has 1 aromatic heterocycles. The van der Waals surface area contributed by atoms with Crippen molar-refractivity contribution in [3.05, 3.63) is 82.0 Å². The van der Waals surface area contributed by atoms with Gasteiger partial charge in [-0.25, -0.2) is 9.59 Å². The molecule has 4 rings (SSSR count). The maximum absolute atomic E-state index is 13.1. The summed E-state index contributed by atoms with van der Waals surface area (Å²) in [5.41, 5.74) is 3.70. The number of alkyl carbamates (subject to hydrolysis) is 1. The SMILES string of the molecule is CC(C)(C)[C@@H](NC(=O)C(NC(=O)OCC1c2ccccc2-c2ccccc21)c1cccs1)C(=O)O. The molecule has 0 spiro atoms. The first-order valence-electron chi connectivity index (χ1n) is 11.3. The molecule has 35 heavy (non-hydrogen) atoms. The minimum absolute atomic E-state index is 0.110. The van der Waals surface area contributed by atoms with Crippen LogP contribution in [0.5, 0.6) is 0 Å². The Bertz CT molecular complexity index is 1190. The van der Waals surface area contributed by atoms with Gasteiger partial charge < -0.3 is 20.5 Å². The van der Waals surface area contributed by atoms with E-state index in [0.29, 0.717) is 4.88 Å². The van der Waals surface area contributed by atoms with Gasteiger partial charge in [0.2, 0.25) is 5.91 Å². The van der Waals surface area contributed by atoms with Crippen molar-refractivity contribution in [1.29, 1.82) is 0 Å². The number of thiophene rings is 1. The lowest BCUT2D eigenvalue weighted by molar-refractivity contribution is -0.145. The Morgan fingerprint density at radius 3 is 2.06 bits per heavy atom. The second-order valence-corrected chi connectivity index (χ2v) is 10.5. The van der Waals surface area contributed by atoms with Gasteiger partial charge in [-0.05, 0) is 39.1 Å². The number of aliphatic carboxylic acids is 1. The monoisotopic (exact) mass is 492 g/mol. The third kappa shape index (κ3) is 5.22. The Morgan fingerprint density at radius 1 is 0.943 bits per heavy atom. The third-order valence-electron chi connectivity index (χ3n) is 6.10. The number of amides is 2. The number of carbonyl (C=O) groups excluding carboxylic acids is 2. The number of carboxylic acid groups (broad SMARTS) is 1. The Morgan fingerprint density at radius 2 is 1.54 bits per heavy atom. The lowest BCUT2D eigenvalue weighted by Crippen LogP contribution is -2.52. The molecule has 0 bridgehead atoms. The Hall–Kier alpha value is -3.65.